The Kier molecular flexibility index (Phi) is 8.64. The van der Waals surface area contributed by atoms with Crippen molar-refractivity contribution < 1.29 is 9.59 Å². The molecule has 0 radical (unpaired) electrons. The molecule has 0 aromatic heterocycles. The second kappa shape index (κ2) is 9.37. The van der Waals surface area contributed by atoms with Crippen molar-refractivity contribution in [2.45, 2.75) is 38.8 Å². The van der Waals surface area contributed by atoms with E-state index in [2.05, 4.69) is 10.6 Å². The summed E-state index contributed by atoms with van der Waals surface area (Å²) in [7, 11) is 3.35. The normalized spacial score (nSPS) is 12.6. The van der Waals surface area contributed by atoms with Gasteiger partial charge in [-0.05, 0) is 31.0 Å². The third kappa shape index (κ3) is 6.88. The van der Waals surface area contributed by atoms with Gasteiger partial charge in [0.05, 0.1) is 5.54 Å². The van der Waals surface area contributed by atoms with Gasteiger partial charge in [-0.2, -0.15) is 0 Å². The zero-order chi connectivity index (χ0) is 16.8. The van der Waals surface area contributed by atoms with Crippen LogP contribution in [0.2, 0.25) is 0 Å². The standard InChI is InChI=1S/C16H26N4O2.ClH/c1-5-9-16(2,17)14(21)18-11-12-7-6-8-13(10-12)19-15(22)20(3)4;/h6-8,10H,5,9,11,17H2,1-4H3,(H,18,21)(H,19,22);1H. The third-order valence-electron chi connectivity index (χ3n) is 3.33. The minimum absolute atomic E-state index is 0. The highest BCUT2D eigenvalue weighted by molar-refractivity contribution is 5.89. The van der Waals surface area contributed by atoms with Crippen LogP contribution in [0.25, 0.3) is 0 Å². The van der Waals surface area contributed by atoms with E-state index in [0.717, 1.165) is 12.0 Å². The van der Waals surface area contributed by atoms with Gasteiger partial charge in [-0.1, -0.05) is 25.5 Å². The Morgan fingerprint density at radius 3 is 2.52 bits per heavy atom. The second-order valence-corrected chi connectivity index (χ2v) is 5.88. The van der Waals surface area contributed by atoms with Crippen molar-refractivity contribution in [3.63, 3.8) is 0 Å². The molecule has 4 N–H and O–H groups in total. The summed E-state index contributed by atoms with van der Waals surface area (Å²) in [6, 6.07) is 7.16. The van der Waals surface area contributed by atoms with E-state index in [4.69, 9.17) is 5.73 Å². The lowest BCUT2D eigenvalue weighted by molar-refractivity contribution is -0.126. The van der Waals surface area contributed by atoms with E-state index < -0.39 is 5.54 Å². The molecule has 1 unspecified atom stereocenters. The van der Waals surface area contributed by atoms with E-state index in [1.807, 2.05) is 25.1 Å². The summed E-state index contributed by atoms with van der Waals surface area (Å²) in [5.41, 5.74) is 6.72. The van der Waals surface area contributed by atoms with Crippen LogP contribution in [0.1, 0.15) is 32.3 Å². The molecule has 0 heterocycles. The van der Waals surface area contributed by atoms with Gasteiger partial charge in [-0.15, -0.1) is 12.4 Å². The van der Waals surface area contributed by atoms with Crippen molar-refractivity contribution in [2.75, 3.05) is 19.4 Å². The van der Waals surface area contributed by atoms with Crippen molar-refractivity contribution in [3.8, 4) is 0 Å². The molecule has 0 aliphatic heterocycles. The number of hydrogen-bond acceptors (Lipinski definition) is 3. The molecule has 23 heavy (non-hydrogen) atoms. The quantitative estimate of drug-likeness (QED) is 0.741. The highest BCUT2D eigenvalue weighted by atomic mass is 35.5. The van der Waals surface area contributed by atoms with Gasteiger partial charge in [0, 0.05) is 26.3 Å². The Bertz CT molecular complexity index is 533. The highest BCUT2D eigenvalue weighted by Crippen LogP contribution is 2.12. The molecule has 0 fully saturated rings. The number of carbonyl (C=O) groups is 2. The molecule has 1 aromatic rings. The number of nitrogens with one attached hydrogen (secondary N) is 2. The lowest BCUT2D eigenvalue weighted by Gasteiger charge is -2.23. The molecule has 1 atom stereocenters. The lowest BCUT2D eigenvalue weighted by atomic mass is 9.96. The van der Waals surface area contributed by atoms with Gasteiger partial charge >= 0.3 is 6.03 Å². The maximum absolute atomic E-state index is 12.1. The van der Waals surface area contributed by atoms with Gasteiger partial charge in [0.1, 0.15) is 0 Å². The van der Waals surface area contributed by atoms with Crippen molar-refractivity contribution in [2.24, 2.45) is 5.73 Å². The van der Waals surface area contributed by atoms with E-state index in [1.165, 1.54) is 4.90 Å². The molecule has 6 nitrogen and oxygen atoms in total. The van der Waals surface area contributed by atoms with Crippen LogP contribution in [-0.4, -0.2) is 36.5 Å². The fourth-order valence-electron chi connectivity index (χ4n) is 2.01. The minimum Gasteiger partial charge on any atom is -0.350 e. The lowest BCUT2D eigenvalue weighted by Crippen LogP contribution is -2.51. The molecule has 0 bridgehead atoms. The Labute approximate surface area is 144 Å². The molecule has 1 rings (SSSR count). The third-order valence-corrected chi connectivity index (χ3v) is 3.33. The summed E-state index contributed by atoms with van der Waals surface area (Å²) >= 11 is 0. The van der Waals surface area contributed by atoms with Crippen LogP contribution in [0.4, 0.5) is 10.5 Å². The SMILES string of the molecule is CCCC(C)(N)C(=O)NCc1cccc(NC(=O)N(C)C)c1.Cl. The molecular formula is C16H27ClN4O2. The summed E-state index contributed by atoms with van der Waals surface area (Å²) < 4.78 is 0. The van der Waals surface area contributed by atoms with Crippen molar-refractivity contribution in [1.29, 1.82) is 0 Å². The van der Waals surface area contributed by atoms with Crippen LogP contribution < -0.4 is 16.4 Å². The number of carbonyl (C=O) groups excluding carboxylic acids is 2. The minimum atomic E-state index is -0.856. The number of anilines is 1. The number of nitrogens with zero attached hydrogens (tertiary/aromatic N) is 1. The fraction of sp³-hybridized carbons (Fsp3) is 0.500. The number of amides is 3. The first-order valence-corrected chi connectivity index (χ1v) is 7.40. The molecule has 0 aliphatic rings. The molecule has 3 amide bonds. The first-order valence-electron chi connectivity index (χ1n) is 7.40. The zero-order valence-electron chi connectivity index (χ0n) is 14.2. The first kappa shape index (κ1) is 21.2. The number of nitrogens with two attached hydrogens (primary N) is 1. The number of benzene rings is 1. The average Bonchev–Trinajstić information content (AvgIpc) is 2.44. The fourth-order valence-corrected chi connectivity index (χ4v) is 2.01. The van der Waals surface area contributed by atoms with Crippen LogP contribution in [-0.2, 0) is 11.3 Å². The molecule has 0 aliphatic carbocycles. The Morgan fingerprint density at radius 2 is 1.96 bits per heavy atom. The second-order valence-electron chi connectivity index (χ2n) is 5.88. The average molecular weight is 343 g/mol. The van der Waals surface area contributed by atoms with Crippen molar-refractivity contribution in [3.05, 3.63) is 29.8 Å². The zero-order valence-corrected chi connectivity index (χ0v) is 15.0. The highest BCUT2D eigenvalue weighted by Gasteiger charge is 2.26. The van der Waals surface area contributed by atoms with E-state index in [9.17, 15) is 9.59 Å². The first-order chi connectivity index (χ1) is 10.3. The molecular weight excluding hydrogens is 316 g/mol. The van der Waals surface area contributed by atoms with Gasteiger partial charge in [0.15, 0.2) is 0 Å². The van der Waals surface area contributed by atoms with Gasteiger partial charge in [-0.25, -0.2) is 4.79 Å². The molecule has 0 saturated heterocycles. The maximum atomic E-state index is 12.1. The molecule has 0 saturated carbocycles. The predicted octanol–water partition coefficient (Wildman–Crippen LogP) is 2.34. The number of rotatable bonds is 6. The van der Waals surface area contributed by atoms with Gasteiger partial charge in [0.25, 0.3) is 0 Å². The topological polar surface area (TPSA) is 87.5 Å². The predicted molar refractivity (Wildman–Crippen MR) is 95.7 cm³/mol. The maximum Gasteiger partial charge on any atom is 0.321 e. The summed E-state index contributed by atoms with van der Waals surface area (Å²) in [5.74, 6) is -0.169. The smallest absolute Gasteiger partial charge is 0.321 e. The molecule has 0 spiro atoms. The molecule has 7 heteroatoms. The Morgan fingerprint density at radius 1 is 1.30 bits per heavy atom. The van der Waals surface area contributed by atoms with Crippen molar-refractivity contribution >= 4 is 30.0 Å². The largest absolute Gasteiger partial charge is 0.350 e. The summed E-state index contributed by atoms with van der Waals surface area (Å²) in [6.07, 6.45) is 1.49. The monoisotopic (exact) mass is 342 g/mol. The number of urea groups is 1. The van der Waals surface area contributed by atoms with E-state index in [1.54, 1.807) is 27.1 Å². The van der Waals surface area contributed by atoms with E-state index in [-0.39, 0.29) is 24.3 Å². The summed E-state index contributed by atoms with van der Waals surface area (Å²) in [4.78, 5) is 25.1. The van der Waals surface area contributed by atoms with E-state index in [0.29, 0.717) is 18.7 Å². The molecule has 130 valence electrons. The number of hydrogen-bond donors (Lipinski definition) is 3. The van der Waals surface area contributed by atoms with Crippen molar-refractivity contribution in [1.82, 2.24) is 10.2 Å². The van der Waals surface area contributed by atoms with Crippen LogP contribution in [0.3, 0.4) is 0 Å². The van der Waals surface area contributed by atoms with E-state index >= 15 is 0 Å². The molecule has 1 aromatic carbocycles. The van der Waals surface area contributed by atoms with Crippen LogP contribution >= 0.6 is 12.4 Å². The van der Waals surface area contributed by atoms with Gasteiger partial charge in [0.2, 0.25) is 5.91 Å². The Hall–Kier alpha value is -1.79. The van der Waals surface area contributed by atoms with Crippen LogP contribution in [0.5, 0.6) is 0 Å². The van der Waals surface area contributed by atoms with Crippen LogP contribution in [0, 0.1) is 0 Å². The van der Waals surface area contributed by atoms with Gasteiger partial charge < -0.3 is 21.3 Å². The number of halogens is 1. The summed E-state index contributed by atoms with van der Waals surface area (Å²) in [5, 5.41) is 5.61. The van der Waals surface area contributed by atoms with Crippen LogP contribution in [0.15, 0.2) is 24.3 Å². The summed E-state index contributed by atoms with van der Waals surface area (Å²) in [6.45, 7) is 4.11. The Balaban J connectivity index is 0.00000484. The van der Waals surface area contributed by atoms with Gasteiger partial charge in [-0.3, -0.25) is 4.79 Å².